The van der Waals surface area contributed by atoms with Crippen molar-refractivity contribution < 1.29 is 0 Å². The minimum atomic E-state index is 0.0244. The second kappa shape index (κ2) is 4.13. The van der Waals surface area contributed by atoms with Crippen molar-refractivity contribution in [3.05, 3.63) is 51.9 Å². The zero-order valence-electron chi connectivity index (χ0n) is 10.6. The summed E-state index contributed by atoms with van der Waals surface area (Å²) in [6.07, 6.45) is 0. The summed E-state index contributed by atoms with van der Waals surface area (Å²) in [6, 6.07) is 9.88. The number of hydrogen-bond donors (Lipinski definition) is 0. The Balaban J connectivity index is 2.78. The number of para-hydroxylation sites is 1. The van der Waals surface area contributed by atoms with Gasteiger partial charge in [-0.2, -0.15) is 4.79 Å². The van der Waals surface area contributed by atoms with Gasteiger partial charge in [0.1, 0.15) is 0 Å². The molecule has 0 aliphatic heterocycles. The molecule has 0 aliphatic carbocycles. The van der Waals surface area contributed by atoms with E-state index in [2.05, 4.69) is 0 Å². The van der Waals surface area contributed by atoms with Gasteiger partial charge < -0.3 is 5.01 Å². The van der Waals surface area contributed by atoms with Gasteiger partial charge in [-0.05, 0) is 26.0 Å². The first-order valence-electron chi connectivity index (χ1n) is 5.58. The summed E-state index contributed by atoms with van der Waals surface area (Å²) in [4.78, 5) is 13.8. The molecule has 0 radical (unpaired) electrons. The maximum Gasteiger partial charge on any atom is 0.289 e. The summed E-state index contributed by atoms with van der Waals surface area (Å²) in [5.41, 5.74) is 2.76. The second-order valence-corrected chi connectivity index (χ2v) is 4.30. The van der Waals surface area contributed by atoms with Crippen LogP contribution in [-0.2, 0) is 0 Å². The molecule has 90 valence electrons. The van der Waals surface area contributed by atoms with Crippen molar-refractivity contribution in [1.82, 2.24) is 9.47 Å². The molecule has 0 saturated carbocycles. The Morgan fingerprint density at radius 3 is 2.18 bits per heavy atom. The van der Waals surface area contributed by atoms with E-state index in [9.17, 15) is 4.79 Å². The molecular formula is C13H17N3O. The molecule has 17 heavy (non-hydrogen) atoms. The Hall–Kier alpha value is -1.97. The molecule has 0 N–H and O–H groups in total. The van der Waals surface area contributed by atoms with E-state index in [1.165, 1.54) is 0 Å². The Bertz CT molecular complexity index is 579. The van der Waals surface area contributed by atoms with Gasteiger partial charge in [0.25, 0.3) is 5.56 Å². The Kier molecular flexibility index (Phi) is 2.79. The number of rotatable bonds is 2. The molecule has 0 saturated heterocycles. The summed E-state index contributed by atoms with van der Waals surface area (Å²) >= 11 is 0. The third kappa shape index (κ3) is 1.75. The highest BCUT2D eigenvalue weighted by molar-refractivity contribution is 5.35. The van der Waals surface area contributed by atoms with E-state index < -0.39 is 0 Å². The van der Waals surface area contributed by atoms with Crippen LogP contribution < -0.4 is 10.6 Å². The van der Waals surface area contributed by atoms with Crippen molar-refractivity contribution in [2.24, 2.45) is 0 Å². The summed E-state index contributed by atoms with van der Waals surface area (Å²) in [7, 11) is 3.72. The van der Waals surface area contributed by atoms with Crippen molar-refractivity contribution in [2.75, 3.05) is 19.1 Å². The molecule has 0 unspecified atom stereocenters. The molecule has 4 nitrogen and oxygen atoms in total. The lowest BCUT2D eigenvalue weighted by Gasteiger charge is -2.19. The zero-order chi connectivity index (χ0) is 12.6. The van der Waals surface area contributed by atoms with Gasteiger partial charge in [-0.1, -0.05) is 18.2 Å². The fraction of sp³-hybridized carbons (Fsp3) is 0.308. The molecule has 1 aromatic carbocycles. The number of aromatic nitrogens is 2. The van der Waals surface area contributed by atoms with Gasteiger partial charge in [0.15, 0.2) is 0 Å². The number of benzene rings is 1. The predicted molar refractivity (Wildman–Crippen MR) is 69.6 cm³/mol. The molecule has 1 heterocycles. The monoisotopic (exact) mass is 231 g/mol. The highest BCUT2D eigenvalue weighted by Crippen LogP contribution is 2.12. The molecule has 0 aliphatic rings. The van der Waals surface area contributed by atoms with Crippen LogP contribution in [0.3, 0.4) is 0 Å². The molecule has 0 amide bonds. The maximum absolute atomic E-state index is 12.1. The first kappa shape index (κ1) is 11.5. The molecular weight excluding hydrogens is 214 g/mol. The fourth-order valence-electron chi connectivity index (χ4n) is 1.93. The lowest BCUT2D eigenvalue weighted by molar-refractivity contribution is 0.546. The average Bonchev–Trinajstić information content (AvgIpc) is 2.55. The zero-order valence-corrected chi connectivity index (χ0v) is 10.6. The Morgan fingerprint density at radius 1 is 1.06 bits per heavy atom. The van der Waals surface area contributed by atoms with E-state index in [0.717, 1.165) is 16.9 Å². The normalized spacial score (nSPS) is 10.6. The standard InChI is InChI=1S/C13H17N3O/c1-10-11(2)15(12-8-6-5-7-9-12)16(13(10)17)14(3)4/h5-9H,1-4H3. The lowest BCUT2D eigenvalue weighted by Crippen LogP contribution is -2.38. The minimum absolute atomic E-state index is 0.0244. The molecule has 2 aromatic rings. The number of nitrogens with zero attached hydrogens (tertiary/aromatic N) is 3. The van der Waals surface area contributed by atoms with Crippen molar-refractivity contribution in [2.45, 2.75) is 13.8 Å². The predicted octanol–water partition coefficient (Wildman–Crippen LogP) is 1.45. The van der Waals surface area contributed by atoms with Gasteiger partial charge >= 0.3 is 0 Å². The van der Waals surface area contributed by atoms with Gasteiger partial charge in [0, 0.05) is 25.4 Å². The first-order chi connectivity index (χ1) is 8.04. The van der Waals surface area contributed by atoms with Crippen LogP contribution >= 0.6 is 0 Å². The molecule has 0 fully saturated rings. The third-order valence-corrected chi connectivity index (χ3v) is 2.93. The minimum Gasteiger partial charge on any atom is -0.301 e. The van der Waals surface area contributed by atoms with E-state index in [1.54, 1.807) is 9.80 Å². The second-order valence-electron chi connectivity index (χ2n) is 4.30. The Labute approximate surface area is 101 Å². The van der Waals surface area contributed by atoms with Gasteiger partial charge in [-0.3, -0.25) is 4.79 Å². The van der Waals surface area contributed by atoms with E-state index in [1.807, 2.05) is 63.0 Å². The van der Waals surface area contributed by atoms with Crippen LogP contribution in [0, 0.1) is 13.8 Å². The highest BCUT2D eigenvalue weighted by Gasteiger charge is 2.15. The molecule has 0 spiro atoms. The van der Waals surface area contributed by atoms with Crippen molar-refractivity contribution >= 4 is 0 Å². The van der Waals surface area contributed by atoms with Crippen LogP contribution in [0.2, 0.25) is 0 Å². The van der Waals surface area contributed by atoms with Crippen LogP contribution in [0.5, 0.6) is 0 Å². The van der Waals surface area contributed by atoms with Crippen molar-refractivity contribution in [3.8, 4) is 5.69 Å². The van der Waals surface area contributed by atoms with Crippen LogP contribution in [0.4, 0.5) is 0 Å². The van der Waals surface area contributed by atoms with E-state index in [-0.39, 0.29) is 5.56 Å². The topological polar surface area (TPSA) is 30.2 Å². The van der Waals surface area contributed by atoms with Gasteiger partial charge in [0.05, 0.1) is 5.69 Å². The first-order valence-corrected chi connectivity index (χ1v) is 5.58. The van der Waals surface area contributed by atoms with E-state index in [4.69, 9.17) is 0 Å². The van der Waals surface area contributed by atoms with E-state index >= 15 is 0 Å². The summed E-state index contributed by atoms with van der Waals surface area (Å²) in [5.74, 6) is 0. The van der Waals surface area contributed by atoms with Gasteiger partial charge in [0.2, 0.25) is 0 Å². The molecule has 0 bridgehead atoms. The summed E-state index contributed by atoms with van der Waals surface area (Å²) in [5, 5.41) is 1.79. The van der Waals surface area contributed by atoms with Crippen molar-refractivity contribution in [1.29, 1.82) is 0 Å². The van der Waals surface area contributed by atoms with Crippen molar-refractivity contribution in [3.63, 3.8) is 0 Å². The SMILES string of the molecule is Cc1c(C)n(-c2ccccc2)n(N(C)C)c1=O. The maximum atomic E-state index is 12.1. The highest BCUT2D eigenvalue weighted by atomic mass is 16.1. The number of hydrogen-bond acceptors (Lipinski definition) is 2. The van der Waals surface area contributed by atoms with Crippen LogP contribution in [0.15, 0.2) is 35.1 Å². The van der Waals surface area contributed by atoms with Crippen LogP contribution in [0.25, 0.3) is 5.69 Å². The van der Waals surface area contributed by atoms with Gasteiger partial charge in [-0.15, -0.1) is 0 Å². The summed E-state index contributed by atoms with van der Waals surface area (Å²) < 4.78 is 1.93. The largest absolute Gasteiger partial charge is 0.301 e. The molecule has 2 rings (SSSR count). The Morgan fingerprint density at radius 2 is 1.65 bits per heavy atom. The molecule has 1 aromatic heterocycles. The van der Waals surface area contributed by atoms with Gasteiger partial charge in [-0.25, -0.2) is 4.68 Å². The average molecular weight is 231 g/mol. The quantitative estimate of drug-likeness (QED) is 0.783. The smallest absolute Gasteiger partial charge is 0.289 e. The summed E-state index contributed by atoms with van der Waals surface area (Å²) in [6.45, 7) is 3.82. The fourth-order valence-corrected chi connectivity index (χ4v) is 1.93. The third-order valence-electron chi connectivity index (χ3n) is 2.93. The van der Waals surface area contributed by atoms with E-state index in [0.29, 0.717) is 0 Å². The van der Waals surface area contributed by atoms with Crippen LogP contribution in [-0.4, -0.2) is 23.6 Å². The lowest BCUT2D eigenvalue weighted by atomic mass is 10.3. The molecule has 4 heteroatoms. The van der Waals surface area contributed by atoms with Crippen LogP contribution in [0.1, 0.15) is 11.3 Å². The molecule has 0 atom stereocenters.